The summed E-state index contributed by atoms with van der Waals surface area (Å²) in [7, 11) is 0. The van der Waals surface area contributed by atoms with E-state index in [2.05, 4.69) is 0 Å². The first-order chi connectivity index (χ1) is 23.1. The van der Waals surface area contributed by atoms with E-state index in [1.807, 2.05) is 39.8 Å². The van der Waals surface area contributed by atoms with Crippen LogP contribution in [0.1, 0.15) is 80.4 Å². The van der Waals surface area contributed by atoms with Crippen LogP contribution in [0.4, 0.5) is 17.6 Å². The summed E-state index contributed by atoms with van der Waals surface area (Å²) in [6.45, 7) is 8.04. The van der Waals surface area contributed by atoms with Crippen molar-refractivity contribution < 1.29 is 36.7 Å². The average molecular weight is 713 g/mol. The molecule has 0 aliphatic heterocycles. The number of hydrogen-bond acceptors (Lipinski definition) is 7. The molecule has 0 unspecified atom stereocenters. The molecular formula is C38H20F4O4S3. The van der Waals surface area contributed by atoms with Crippen molar-refractivity contribution >= 4 is 99.2 Å². The van der Waals surface area contributed by atoms with E-state index in [0.29, 0.717) is 12.1 Å². The fourth-order valence-corrected chi connectivity index (χ4v) is 12.6. The first-order valence-electron chi connectivity index (χ1n) is 15.2. The predicted octanol–water partition coefficient (Wildman–Crippen LogP) is 9.78. The molecule has 2 aromatic carbocycles. The van der Waals surface area contributed by atoms with Crippen LogP contribution in [-0.4, -0.2) is 23.1 Å². The Balaban J connectivity index is 1.13. The average Bonchev–Trinajstić information content (AvgIpc) is 3.82. The number of rotatable bonds is 2. The maximum atomic E-state index is 14.9. The van der Waals surface area contributed by atoms with Crippen LogP contribution in [0.25, 0.3) is 42.1 Å². The van der Waals surface area contributed by atoms with Crippen molar-refractivity contribution in [2.45, 2.75) is 38.5 Å². The number of carbonyl (C=O) groups excluding carboxylic acids is 4. The fraction of sp³-hybridized carbons (Fsp3) is 0.158. The van der Waals surface area contributed by atoms with E-state index in [1.165, 1.54) is 0 Å². The normalized spacial score (nSPS) is 20.2. The molecule has 49 heavy (non-hydrogen) atoms. The van der Waals surface area contributed by atoms with Gasteiger partial charge in [0, 0.05) is 60.6 Å². The van der Waals surface area contributed by atoms with E-state index >= 15 is 0 Å². The molecule has 242 valence electrons. The van der Waals surface area contributed by atoms with Gasteiger partial charge in [-0.2, -0.15) is 0 Å². The lowest BCUT2D eigenvalue weighted by molar-refractivity contribution is -0.110. The summed E-state index contributed by atoms with van der Waals surface area (Å²) in [6.07, 6.45) is 7.06. The largest absolute Gasteiger partial charge is 0.285 e. The molecule has 0 atom stereocenters. The Morgan fingerprint density at radius 1 is 0.531 bits per heavy atom. The van der Waals surface area contributed by atoms with Gasteiger partial charge in [0.25, 0.3) is 0 Å². The van der Waals surface area contributed by atoms with Crippen molar-refractivity contribution in [3.63, 3.8) is 0 Å². The minimum Gasteiger partial charge on any atom is -0.285 e. The molecule has 4 aliphatic carbocycles. The van der Waals surface area contributed by atoms with Crippen LogP contribution in [0.15, 0.2) is 47.6 Å². The highest BCUT2D eigenvalue weighted by molar-refractivity contribution is 7.39. The molecule has 0 amide bonds. The molecule has 4 nitrogen and oxygen atoms in total. The lowest BCUT2D eigenvalue weighted by atomic mass is 9.81. The molecule has 5 aromatic rings. The minimum absolute atomic E-state index is 0.0290. The van der Waals surface area contributed by atoms with Gasteiger partial charge >= 0.3 is 0 Å². The standard InChI is InChI=1S/C38H20F4O4S3/c1-37(2)13(5-18-17-9-15(39)12-22(42)26(17)32(46)29(18)43)7-23-27(37)33-35(47-23)36-34(49-33)28-24(48-36)8-14(38(28,3)4)6-19-25-20(31(45)30(19)44)10-16(40)11-21(25)41/h5-12H,1-4H3/b18-5-,19-6-. The van der Waals surface area contributed by atoms with E-state index in [-0.39, 0.29) is 27.8 Å². The summed E-state index contributed by atoms with van der Waals surface area (Å²) in [4.78, 5) is 53.2. The van der Waals surface area contributed by atoms with Gasteiger partial charge in [-0.25, -0.2) is 17.6 Å². The number of carbonyl (C=O) groups is 4. The summed E-state index contributed by atoms with van der Waals surface area (Å²) < 4.78 is 61.8. The quantitative estimate of drug-likeness (QED) is 0.104. The zero-order valence-electron chi connectivity index (χ0n) is 26.0. The van der Waals surface area contributed by atoms with Gasteiger partial charge in [0.2, 0.25) is 23.1 Å². The molecule has 0 bridgehead atoms. The number of fused-ring (bicyclic) bond motifs is 9. The smallest absolute Gasteiger partial charge is 0.237 e. The molecule has 0 saturated carbocycles. The minimum atomic E-state index is -1.06. The number of halogens is 4. The van der Waals surface area contributed by atoms with Gasteiger partial charge in [0.05, 0.1) is 24.4 Å². The van der Waals surface area contributed by atoms with Gasteiger partial charge in [-0.15, -0.1) is 34.0 Å². The zero-order chi connectivity index (χ0) is 34.6. The third-order valence-corrected chi connectivity index (χ3v) is 14.0. The molecule has 11 heteroatoms. The number of ketones is 4. The van der Waals surface area contributed by atoms with Crippen LogP contribution < -0.4 is 0 Å². The van der Waals surface area contributed by atoms with Crippen molar-refractivity contribution in [2.75, 3.05) is 0 Å². The molecule has 9 rings (SSSR count). The summed E-state index contributed by atoms with van der Waals surface area (Å²) in [5.74, 6) is -7.47. The number of benzene rings is 2. The first kappa shape index (κ1) is 30.5. The van der Waals surface area contributed by atoms with Crippen LogP contribution in [0.5, 0.6) is 0 Å². The monoisotopic (exact) mass is 712 g/mol. The lowest BCUT2D eigenvalue weighted by Crippen LogP contribution is -2.16. The molecule has 4 aliphatic rings. The van der Waals surface area contributed by atoms with Crippen molar-refractivity contribution in [3.8, 4) is 0 Å². The second kappa shape index (κ2) is 9.56. The van der Waals surface area contributed by atoms with Crippen molar-refractivity contribution in [1.82, 2.24) is 0 Å². The molecule has 3 aromatic heterocycles. The third-order valence-electron chi connectivity index (χ3n) is 10.1. The summed E-state index contributed by atoms with van der Waals surface area (Å²) in [6, 6.07) is 3.19. The maximum absolute atomic E-state index is 14.9. The zero-order valence-corrected chi connectivity index (χ0v) is 28.4. The number of hydrogen-bond donors (Lipinski definition) is 0. The second-order valence-corrected chi connectivity index (χ2v) is 16.7. The van der Waals surface area contributed by atoms with E-state index in [0.717, 1.165) is 63.0 Å². The van der Waals surface area contributed by atoms with Gasteiger partial charge < -0.3 is 0 Å². The van der Waals surface area contributed by atoms with E-state index in [4.69, 9.17) is 0 Å². The van der Waals surface area contributed by atoms with Crippen molar-refractivity contribution in [2.24, 2.45) is 0 Å². The Morgan fingerprint density at radius 3 is 1.55 bits per heavy atom. The SMILES string of the molecule is CC1(C)C(/C=C2\C(=O)C(=O)c3c(F)cc(F)cc32)=Cc2sc3c(sc4c5c(sc43)C=C(/C=C3\C(=O)C(=O)c4cc(F)cc(F)c43)C5(C)C)c21. The number of thiophene rings is 3. The Bertz CT molecular complexity index is 2670. The molecule has 0 spiro atoms. The van der Waals surface area contributed by atoms with Gasteiger partial charge in [0.15, 0.2) is 0 Å². The molecule has 0 fully saturated rings. The van der Waals surface area contributed by atoms with Crippen molar-refractivity contribution in [3.05, 3.63) is 114 Å². The summed E-state index contributed by atoms with van der Waals surface area (Å²) in [5, 5.41) is 0. The Morgan fingerprint density at radius 2 is 1.00 bits per heavy atom. The fourth-order valence-electron chi connectivity index (χ4n) is 7.58. The van der Waals surface area contributed by atoms with Crippen LogP contribution in [-0.2, 0) is 20.4 Å². The van der Waals surface area contributed by atoms with Gasteiger partial charge in [-0.05, 0) is 58.7 Å². The van der Waals surface area contributed by atoms with Gasteiger partial charge in [0.1, 0.15) is 23.3 Å². The molecular weight excluding hydrogens is 693 g/mol. The van der Waals surface area contributed by atoms with Gasteiger partial charge in [-0.1, -0.05) is 27.7 Å². The summed E-state index contributed by atoms with van der Waals surface area (Å²) in [5.41, 5.74) is 1.35. The number of Topliss-reactive ketones (excluding diaryl/α,β-unsaturated/α-hetero) is 4. The van der Waals surface area contributed by atoms with Crippen LogP contribution in [0.2, 0.25) is 0 Å². The second-order valence-electron chi connectivity index (χ2n) is 13.6. The Kier molecular flexibility index (Phi) is 5.94. The Labute approximate surface area is 287 Å². The van der Waals surface area contributed by atoms with E-state index < -0.39 is 62.8 Å². The highest BCUT2D eigenvalue weighted by atomic mass is 32.1. The third kappa shape index (κ3) is 3.83. The van der Waals surface area contributed by atoms with E-state index in [9.17, 15) is 36.7 Å². The van der Waals surface area contributed by atoms with Gasteiger partial charge in [-0.3, -0.25) is 19.2 Å². The van der Waals surface area contributed by atoms with Crippen LogP contribution >= 0.6 is 34.0 Å². The summed E-state index contributed by atoms with van der Waals surface area (Å²) >= 11 is 4.86. The number of allylic oxidation sites excluding steroid dienone is 6. The van der Waals surface area contributed by atoms with Crippen molar-refractivity contribution in [1.29, 1.82) is 0 Å². The predicted molar refractivity (Wildman–Crippen MR) is 184 cm³/mol. The highest BCUT2D eigenvalue weighted by Gasteiger charge is 2.44. The molecule has 0 radical (unpaired) electrons. The molecule has 0 saturated heterocycles. The lowest BCUT2D eigenvalue weighted by Gasteiger charge is -2.23. The topological polar surface area (TPSA) is 68.3 Å². The Hall–Kier alpha value is -4.58. The maximum Gasteiger partial charge on any atom is 0.237 e. The molecule has 3 heterocycles. The van der Waals surface area contributed by atoms with E-state index in [1.54, 1.807) is 46.2 Å². The highest BCUT2D eigenvalue weighted by Crippen LogP contribution is 2.59. The van der Waals surface area contributed by atoms with Crippen LogP contribution in [0.3, 0.4) is 0 Å². The first-order valence-corrected chi connectivity index (χ1v) is 17.6. The molecule has 0 N–H and O–H groups in total. The van der Waals surface area contributed by atoms with Crippen LogP contribution in [0, 0.1) is 23.3 Å².